The molecule has 0 aromatic carbocycles. The molecular weight excluding hydrogens is 178 g/mol. The molecular formula is C8H10ClNO2. The van der Waals surface area contributed by atoms with Crippen molar-refractivity contribution >= 4 is 17.6 Å². The molecule has 66 valence electrons. The van der Waals surface area contributed by atoms with Gasteiger partial charge in [0.2, 0.25) is 0 Å². The van der Waals surface area contributed by atoms with Gasteiger partial charge in [0.15, 0.2) is 0 Å². The lowest BCUT2D eigenvalue weighted by Crippen LogP contribution is -2.05. The van der Waals surface area contributed by atoms with Crippen LogP contribution in [0.15, 0.2) is 12.3 Å². The first-order valence-electron chi connectivity index (χ1n) is 3.75. The van der Waals surface area contributed by atoms with Gasteiger partial charge in [-0.2, -0.15) is 0 Å². The predicted molar refractivity (Wildman–Crippen MR) is 46.4 cm³/mol. The summed E-state index contributed by atoms with van der Waals surface area (Å²) in [5.74, 6) is -0.358. The number of rotatable bonds is 3. The van der Waals surface area contributed by atoms with Gasteiger partial charge in [0, 0.05) is 6.20 Å². The van der Waals surface area contributed by atoms with Crippen molar-refractivity contribution < 1.29 is 9.53 Å². The van der Waals surface area contributed by atoms with Crippen molar-refractivity contribution in [2.75, 3.05) is 6.61 Å². The first kappa shape index (κ1) is 9.13. The maximum atomic E-state index is 11.1. The molecule has 0 fully saturated rings. The van der Waals surface area contributed by atoms with E-state index in [4.69, 9.17) is 16.3 Å². The molecule has 1 aromatic rings. The van der Waals surface area contributed by atoms with Crippen LogP contribution in [0.3, 0.4) is 0 Å². The van der Waals surface area contributed by atoms with Crippen molar-refractivity contribution in [3.63, 3.8) is 0 Å². The SMILES string of the molecule is CCCOC(=O)c1cc(Cl)c[nH]1. The minimum Gasteiger partial charge on any atom is -0.461 e. The van der Waals surface area contributed by atoms with Crippen LogP contribution in [0.5, 0.6) is 0 Å². The Balaban J connectivity index is 2.53. The van der Waals surface area contributed by atoms with E-state index in [1.54, 1.807) is 12.3 Å². The van der Waals surface area contributed by atoms with Gasteiger partial charge >= 0.3 is 5.97 Å². The molecule has 0 aliphatic heterocycles. The van der Waals surface area contributed by atoms with Crippen molar-refractivity contribution in [2.45, 2.75) is 13.3 Å². The number of nitrogens with one attached hydrogen (secondary N) is 1. The molecule has 1 heterocycles. The lowest BCUT2D eigenvalue weighted by Gasteiger charge is -1.98. The lowest BCUT2D eigenvalue weighted by molar-refractivity contribution is 0.0499. The fourth-order valence-electron chi connectivity index (χ4n) is 0.758. The Hall–Kier alpha value is -0.960. The van der Waals surface area contributed by atoms with Gasteiger partial charge in [0.1, 0.15) is 5.69 Å². The van der Waals surface area contributed by atoms with Crippen LogP contribution in [0, 0.1) is 0 Å². The molecule has 0 aliphatic carbocycles. The van der Waals surface area contributed by atoms with Crippen molar-refractivity contribution in [3.05, 3.63) is 23.0 Å². The van der Waals surface area contributed by atoms with E-state index in [-0.39, 0.29) is 5.97 Å². The summed E-state index contributed by atoms with van der Waals surface area (Å²) in [7, 11) is 0. The number of carbonyl (C=O) groups excluding carboxylic acids is 1. The van der Waals surface area contributed by atoms with Crippen LogP contribution < -0.4 is 0 Å². The molecule has 12 heavy (non-hydrogen) atoms. The van der Waals surface area contributed by atoms with Crippen molar-refractivity contribution in [1.82, 2.24) is 4.98 Å². The van der Waals surface area contributed by atoms with E-state index in [9.17, 15) is 4.79 Å². The monoisotopic (exact) mass is 187 g/mol. The van der Waals surface area contributed by atoms with E-state index in [0.29, 0.717) is 17.3 Å². The number of esters is 1. The molecule has 0 radical (unpaired) electrons. The van der Waals surface area contributed by atoms with Crippen molar-refractivity contribution in [3.8, 4) is 0 Å². The standard InChI is InChI=1S/C8H10ClNO2/c1-2-3-12-8(11)7-4-6(9)5-10-7/h4-5,10H,2-3H2,1H3. The van der Waals surface area contributed by atoms with Crippen LogP contribution in [-0.2, 0) is 4.74 Å². The minimum atomic E-state index is -0.358. The molecule has 0 bridgehead atoms. The maximum Gasteiger partial charge on any atom is 0.354 e. The van der Waals surface area contributed by atoms with E-state index in [0.717, 1.165) is 6.42 Å². The highest BCUT2D eigenvalue weighted by Gasteiger charge is 2.07. The Morgan fingerprint density at radius 2 is 2.50 bits per heavy atom. The molecule has 0 aliphatic rings. The molecule has 0 saturated heterocycles. The molecule has 0 saturated carbocycles. The minimum absolute atomic E-state index is 0.358. The summed E-state index contributed by atoms with van der Waals surface area (Å²) < 4.78 is 4.86. The van der Waals surface area contributed by atoms with Gasteiger partial charge in [-0.15, -0.1) is 0 Å². The highest BCUT2D eigenvalue weighted by atomic mass is 35.5. The fourth-order valence-corrected chi connectivity index (χ4v) is 0.922. The van der Waals surface area contributed by atoms with Crippen LogP contribution in [-0.4, -0.2) is 17.6 Å². The first-order valence-corrected chi connectivity index (χ1v) is 4.13. The van der Waals surface area contributed by atoms with Gasteiger partial charge in [0.05, 0.1) is 11.6 Å². The fraction of sp³-hybridized carbons (Fsp3) is 0.375. The second-order valence-electron chi connectivity index (χ2n) is 2.37. The summed E-state index contributed by atoms with van der Waals surface area (Å²) in [5.41, 5.74) is 0.397. The number of hydrogen-bond acceptors (Lipinski definition) is 2. The normalized spacial score (nSPS) is 9.83. The highest BCUT2D eigenvalue weighted by Crippen LogP contribution is 2.10. The van der Waals surface area contributed by atoms with E-state index in [1.165, 1.54) is 0 Å². The Labute approximate surface area is 75.7 Å². The van der Waals surface area contributed by atoms with Crippen LogP contribution in [0.25, 0.3) is 0 Å². The van der Waals surface area contributed by atoms with Gasteiger partial charge in [0.25, 0.3) is 0 Å². The third-order valence-corrected chi connectivity index (χ3v) is 1.52. The van der Waals surface area contributed by atoms with Gasteiger partial charge in [-0.25, -0.2) is 4.79 Å². The second-order valence-corrected chi connectivity index (χ2v) is 2.80. The van der Waals surface area contributed by atoms with Crippen LogP contribution in [0.1, 0.15) is 23.8 Å². The number of H-pyrrole nitrogens is 1. The topological polar surface area (TPSA) is 42.1 Å². The molecule has 3 nitrogen and oxygen atoms in total. The zero-order valence-electron chi connectivity index (χ0n) is 6.76. The van der Waals surface area contributed by atoms with Gasteiger partial charge in [-0.1, -0.05) is 18.5 Å². The van der Waals surface area contributed by atoms with Crippen LogP contribution >= 0.6 is 11.6 Å². The van der Waals surface area contributed by atoms with Crippen molar-refractivity contribution in [2.24, 2.45) is 0 Å². The number of carbonyl (C=O) groups is 1. The molecule has 0 atom stereocenters. The summed E-state index contributed by atoms with van der Waals surface area (Å²) in [6.07, 6.45) is 2.37. The summed E-state index contributed by atoms with van der Waals surface area (Å²) in [6, 6.07) is 1.54. The van der Waals surface area contributed by atoms with E-state index >= 15 is 0 Å². The Kier molecular flexibility index (Phi) is 3.17. The average molecular weight is 188 g/mol. The Morgan fingerprint density at radius 1 is 1.75 bits per heavy atom. The molecule has 0 unspecified atom stereocenters. The lowest BCUT2D eigenvalue weighted by atomic mass is 10.4. The zero-order chi connectivity index (χ0) is 8.97. The van der Waals surface area contributed by atoms with E-state index in [2.05, 4.69) is 4.98 Å². The van der Waals surface area contributed by atoms with Crippen LogP contribution in [0.4, 0.5) is 0 Å². The van der Waals surface area contributed by atoms with Gasteiger partial charge in [-0.3, -0.25) is 0 Å². The largest absolute Gasteiger partial charge is 0.461 e. The number of halogens is 1. The number of aromatic amines is 1. The average Bonchev–Trinajstić information content (AvgIpc) is 2.47. The molecule has 0 amide bonds. The molecule has 4 heteroatoms. The molecule has 1 N–H and O–H groups in total. The third kappa shape index (κ3) is 2.27. The summed E-state index contributed by atoms with van der Waals surface area (Å²) in [4.78, 5) is 13.8. The zero-order valence-corrected chi connectivity index (χ0v) is 7.52. The molecule has 1 rings (SSSR count). The maximum absolute atomic E-state index is 11.1. The number of hydrogen-bond donors (Lipinski definition) is 1. The highest BCUT2D eigenvalue weighted by molar-refractivity contribution is 6.30. The van der Waals surface area contributed by atoms with Gasteiger partial charge in [-0.05, 0) is 12.5 Å². The number of ether oxygens (including phenoxy) is 1. The molecule has 1 aromatic heterocycles. The third-order valence-electron chi connectivity index (χ3n) is 1.30. The Bertz CT molecular complexity index is 270. The summed E-state index contributed by atoms with van der Waals surface area (Å²) >= 11 is 5.60. The van der Waals surface area contributed by atoms with Crippen molar-refractivity contribution in [1.29, 1.82) is 0 Å². The summed E-state index contributed by atoms with van der Waals surface area (Å²) in [6.45, 7) is 2.38. The predicted octanol–water partition coefficient (Wildman–Crippen LogP) is 2.23. The van der Waals surface area contributed by atoms with Gasteiger partial charge < -0.3 is 9.72 Å². The summed E-state index contributed by atoms with van der Waals surface area (Å²) in [5, 5.41) is 0.512. The second kappa shape index (κ2) is 4.16. The quantitative estimate of drug-likeness (QED) is 0.738. The van der Waals surface area contributed by atoms with E-state index < -0.39 is 0 Å². The smallest absolute Gasteiger partial charge is 0.354 e. The van der Waals surface area contributed by atoms with E-state index in [1.807, 2.05) is 6.92 Å². The number of aromatic nitrogens is 1. The van der Waals surface area contributed by atoms with Crippen LogP contribution in [0.2, 0.25) is 5.02 Å². The Morgan fingerprint density at radius 3 is 3.00 bits per heavy atom. The molecule has 0 spiro atoms. The first-order chi connectivity index (χ1) is 5.74.